The average Bonchev–Trinajstić information content (AvgIpc) is 2.82. The van der Waals surface area contributed by atoms with E-state index in [4.69, 9.17) is 4.74 Å². The lowest BCUT2D eigenvalue weighted by Crippen LogP contribution is -2.45. The van der Waals surface area contributed by atoms with Crippen LogP contribution in [0.3, 0.4) is 0 Å². The number of benzene rings is 1. The number of piperidine rings is 1. The summed E-state index contributed by atoms with van der Waals surface area (Å²) in [7, 11) is 0.0274. The van der Waals surface area contributed by atoms with Crippen molar-refractivity contribution in [2.45, 2.75) is 38.0 Å². The zero-order valence-corrected chi connectivity index (χ0v) is 20.1. The van der Waals surface area contributed by atoms with Crippen LogP contribution in [-0.2, 0) is 17.1 Å². The van der Waals surface area contributed by atoms with Gasteiger partial charge in [-0.25, -0.2) is 17.7 Å². The molecule has 0 saturated carbocycles. The van der Waals surface area contributed by atoms with E-state index in [1.54, 1.807) is 44.6 Å². The fraction of sp³-hybridized carbons (Fsp3) is 0.435. The molecule has 3 heterocycles. The van der Waals surface area contributed by atoms with Crippen LogP contribution in [0.15, 0.2) is 41.3 Å². The molecule has 1 fully saturated rings. The first-order valence-corrected chi connectivity index (χ1v) is 12.5. The van der Waals surface area contributed by atoms with E-state index in [0.29, 0.717) is 54.4 Å². The molecule has 0 amide bonds. The fourth-order valence-corrected chi connectivity index (χ4v) is 5.43. The van der Waals surface area contributed by atoms with Crippen LogP contribution in [-0.4, -0.2) is 58.7 Å². The number of sulfonamides is 1. The van der Waals surface area contributed by atoms with Gasteiger partial charge in [0.2, 0.25) is 16.0 Å². The second kappa shape index (κ2) is 9.11. The van der Waals surface area contributed by atoms with Crippen molar-refractivity contribution in [3.63, 3.8) is 0 Å². The second-order valence-corrected chi connectivity index (χ2v) is 11.0. The molecule has 3 aromatic rings. The normalized spacial score (nSPS) is 15.8. The van der Waals surface area contributed by atoms with Gasteiger partial charge in [0.05, 0.1) is 17.9 Å². The van der Waals surface area contributed by atoms with Crippen LogP contribution in [0, 0.1) is 0 Å². The predicted molar refractivity (Wildman–Crippen MR) is 129 cm³/mol. The molecule has 9 nitrogen and oxygen atoms in total. The number of ether oxygens (including phenoxy) is 1. The number of methoxy groups -OCH3 is 1. The molecule has 1 saturated heterocycles. The summed E-state index contributed by atoms with van der Waals surface area (Å²) in [6.45, 7) is 4.33. The number of hydrogen-bond acceptors (Lipinski definition) is 7. The number of para-hydroxylation sites is 1. The van der Waals surface area contributed by atoms with E-state index in [1.807, 2.05) is 24.3 Å². The first-order chi connectivity index (χ1) is 15.7. The van der Waals surface area contributed by atoms with Crippen molar-refractivity contribution in [2.24, 2.45) is 7.05 Å². The van der Waals surface area contributed by atoms with Crippen LogP contribution in [0.2, 0.25) is 0 Å². The van der Waals surface area contributed by atoms with Gasteiger partial charge in [0.15, 0.2) is 0 Å². The van der Waals surface area contributed by atoms with Crippen molar-refractivity contribution in [3.8, 4) is 16.9 Å². The molecule has 0 aliphatic carbocycles. The molecular weight excluding hydrogens is 442 g/mol. The molecule has 176 valence electrons. The van der Waals surface area contributed by atoms with Gasteiger partial charge in [0.25, 0.3) is 5.56 Å². The van der Waals surface area contributed by atoms with E-state index in [0.717, 1.165) is 5.39 Å². The zero-order chi connectivity index (χ0) is 23.8. The molecule has 0 spiro atoms. The third kappa shape index (κ3) is 4.45. The molecule has 2 aromatic heterocycles. The summed E-state index contributed by atoms with van der Waals surface area (Å²) in [5, 5.41) is 3.62. The zero-order valence-electron chi connectivity index (χ0n) is 19.3. The van der Waals surface area contributed by atoms with Crippen molar-refractivity contribution in [3.05, 3.63) is 46.9 Å². The van der Waals surface area contributed by atoms with Gasteiger partial charge in [-0.2, -0.15) is 4.98 Å². The molecule has 0 bridgehead atoms. The maximum absolute atomic E-state index is 13.1. The van der Waals surface area contributed by atoms with Crippen molar-refractivity contribution in [2.75, 3.05) is 25.5 Å². The number of nitrogens with one attached hydrogen (secondary N) is 1. The maximum Gasteiger partial charge on any atom is 0.259 e. The highest BCUT2D eigenvalue weighted by molar-refractivity contribution is 7.89. The monoisotopic (exact) mass is 471 g/mol. The summed E-state index contributed by atoms with van der Waals surface area (Å²) in [5.74, 6) is 1.05. The van der Waals surface area contributed by atoms with Crippen LogP contribution in [0.5, 0.6) is 5.75 Å². The Morgan fingerprint density at radius 3 is 2.52 bits per heavy atom. The third-order valence-electron chi connectivity index (χ3n) is 6.09. The van der Waals surface area contributed by atoms with Crippen molar-refractivity contribution in [1.29, 1.82) is 0 Å². The molecular formula is C23H29N5O4S. The Kier molecular flexibility index (Phi) is 6.40. The van der Waals surface area contributed by atoms with Crippen molar-refractivity contribution < 1.29 is 13.2 Å². The highest BCUT2D eigenvalue weighted by atomic mass is 32.2. The molecule has 10 heteroatoms. The fourth-order valence-electron chi connectivity index (χ4n) is 4.11. The molecule has 0 atom stereocenters. The molecule has 0 unspecified atom stereocenters. The number of anilines is 1. The molecule has 1 aliphatic heterocycles. The summed E-state index contributed by atoms with van der Waals surface area (Å²) in [5.41, 5.74) is 1.58. The van der Waals surface area contributed by atoms with Gasteiger partial charge in [0.1, 0.15) is 11.4 Å². The summed E-state index contributed by atoms with van der Waals surface area (Å²) in [4.78, 5) is 22.1. The minimum Gasteiger partial charge on any atom is -0.496 e. The first-order valence-electron chi connectivity index (χ1n) is 11.0. The number of aromatic nitrogens is 3. The van der Waals surface area contributed by atoms with Crippen LogP contribution in [0.25, 0.3) is 22.2 Å². The Labute approximate surface area is 193 Å². The average molecular weight is 472 g/mol. The molecule has 1 N–H and O–H groups in total. The number of pyridine rings is 1. The predicted octanol–water partition coefficient (Wildman–Crippen LogP) is 2.62. The summed E-state index contributed by atoms with van der Waals surface area (Å²) in [6.07, 6.45) is 3.03. The molecule has 1 aromatic carbocycles. The Hall–Kier alpha value is -2.98. The Morgan fingerprint density at radius 2 is 1.85 bits per heavy atom. The van der Waals surface area contributed by atoms with Crippen LogP contribution in [0.1, 0.15) is 26.7 Å². The van der Waals surface area contributed by atoms with Gasteiger partial charge in [0, 0.05) is 43.3 Å². The largest absolute Gasteiger partial charge is 0.496 e. The van der Waals surface area contributed by atoms with Crippen LogP contribution in [0.4, 0.5) is 5.95 Å². The van der Waals surface area contributed by atoms with Gasteiger partial charge in [-0.15, -0.1) is 0 Å². The number of fused-ring (bicyclic) bond motifs is 1. The van der Waals surface area contributed by atoms with E-state index >= 15 is 0 Å². The van der Waals surface area contributed by atoms with Gasteiger partial charge >= 0.3 is 0 Å². The standard InChI is InChI=1S/C23H29N5O4S/c1-15(2)33(30,31)28-11-9-17(10-12-28)25-23-24-14-16-13-19(22(29)27(3)21(16)26-23)18-7-5-6-8-20(18)32-4/h5-8,13-15,17H,9-12H2,1-4H3,(H,24,25,26). The van der Waals surface area contributed by atoms with E-state index in [-0.39, 0.29) is 11.6 Å². The van der Waals surface area contributed by atoms with E-state index in [1.165, 1.54) is 4.57 Å². The van der Waals surface area contributed by atoms with E-state index < -0.39 is 15.3 Å². The Balaban J connectivity index is 1.57. The summed E-state index contributed by atoms with van der Waals surface area (Å²) < 4.78 is 33.2. The lowest BCUT2D eigenvalue weighted by Gasteiger charge is -2.32. The molecule has 33 heavy (non-hydrogen) atoms. The van der Waals surface area contributed by atoms with Crippen molar-refractivity contribution in [1.82, 2.24) is 18.8 Å². The van der Waals surface area contributed by atoms with E-state index in [2.05, 4.69) is 15.3 Å². The Morgan fingerprint density at radius 1 is 1.15 bits per heavy atom. The smallest absolute Gasteiger partial charge is 0.259 e. The lowest BCUT2D eigenvalue weighted by atomic mass is 10.1. The van der Waals surface area contributed by atoms with Crippen LogP contribution >= 0.6 is 0 Å². The van der Waals surface area contributed by atoms with Gasteiger partial charge in [-0.3, -0.25) is 9.36 Å². The van der Waals surface area contributed by atoms with Gasteiger partial charge in [-0.1, -0.05) is 18.2 Å². The first kappa shape index (κ1) is 23.2. The SMILES string of the molecule is COc1ccccc1-c1cc2cnc(NC3CCN(S(=O)(=O)C(C)C)CC3)nc2n(C)c1=O. The quantitative estimate of drug-likeness (QED) is 0.589. The highest BCUT2D eigenvalue weighted by Gasteiger charge is 2.30. The molecule has 0 radical (unpaired) electrons. The second-order valence-electron chi connectivity index (χ2n) is 8.51. The highest BCUT2D eigenvalue weighted by Crippen LogP contribution is 2.29. The molecule has 4 rings (SSSR count). The Bertz CT molecular complexity index is 1330. The maximum atomic E-state index is 13.1. The number of nitrogens with zero attached hydrogens (tertiary/aromatic N) is 4. The summed E-state index contributed by atoms with van der Waals surface area (Å²) in [6, 6.07) is 9.24. The van der Waals surface area contributed by atoms with Gasteiger partial charge < -0.3 is 10.1 Å². The third-order valence-corrected chi connectivity index (χ3v) is 8.36. The lowest BCUT2D eigenvalue weighted by molar-refractivity contribution is 0.326. The van der Waals surface area contributed by atoms with Crippen LogP contribution < -0.4 is 15.6 Å². The molecule has 1 aliphatic rings. The topological polar surface area (TPSA) is 106 Å². The number of rotatable bonds is 6. The number of hydrogen-bond donors (Lipinski definition) is 1. The minimum absolute atomic E-state index is 0.0611. The van der Waals surface area contributed by atoms with E-state index in [9.17, 15) is 13.2 Å². The number of aryl methyl sites for hydroxylation is 1. The summed E-state index contributed by atoms with van der Waals surface area (Å²) >= 11 is 0. The minimum atomic E-state index is -3.24. The van der Waals surface area contributed by atoms with Gasteiger partial charge in [-0.05, 0) is 38.8 Å². The van der Waals surface area contributed by atoms with Crippen molar-refractivity contribution >= 4 is 27.0 Å².